The molecule has 0 spiro atoms. The van der Waals surface area contributed by atoms with Crippen molar-refractivity contribution in [2.75, 3.05) is 6.54 Å². The van der Waals surface area contributed by atoms with Crippen molar-refractivity contribution >= 4 is 11.3 Å². The lowest BCUT2D eigenvalue weighted by Gasteiger charge is -2.24. The lowest BCUT2D eigenvalue weighted by Crippen LogP contribution is -2.29. The van der Waals surface area contributed by atoms with Gasteiger partial charge < -0.3 is 5.32 Å². The summed E-state index contributed by atoms with van der Waals surface area (Å²) in [5, 5.41) is 5.78. The molecule has 0 aromatic carbocycles. The normalized spacial score (nSPS) is 21.2. The van der Waals surface area contributed by atoms with Gasteiger partial charge in [-0.05, 0) is 61.6 Å². The summed E-state index contributed by atoms with van der Waals surface area (Å²) in [6.45, 7) is 1.17. The molecule has 2 aromatic heterocycles. The van der Waals surface area contributed by atoms with Crippen molar-refractivity contribution in [3.8, 4) is 0 Å². The highest BCUT2D eigenvalue weighted by atomic mass is 32.1. The summed E-state index contributed by atoms with van der Waals surface area (Å²) in [7, 11) is 0. The third kappa shape index (κ3) is 3.33. The van der Waals surface area contributed by atoms with Crippen LogP contribution in [0.15, 0.2) is 23.7 Å². The summed E-state index contributed by atoms with van der Waals surface area (Å²) in [5.41, 5.74) is 2.66. The van der Waals surface area contributed by atoms with Crippen LogP contribution in [0, 0.1) is 5.92 Å². The molecular weight excluding hydrogens is 278 g/mol. The largest absolute Gasteiger partial charge is 0.314 e. The Labute approximate surface area is 129 Å². The second-order valence-electron chi connectivity index (χ2n) is 6.31. The van der Waals surface area contributed by atoms with E-state index in [-0.39, 0.29) is 0 Å². The maximum atomic E-state index is 4.81. The predicted molar refractivity (Wildman–Crippen MR) is 85.7 cm³/mol. The Morgan fingerprint density at radius 3 is 3.05 bits per heavy atom. The molecule has 2 aliphatic rings. The zero-order valence-electron chi connectivity index (χ0n) is 12.2. The van der Waals surface area contributed by atoms with Crippen molar-refractivity contribution < 1.29 is 0 Å². The van der Waals surface area contributed by atoms with Gasteiger partial charge in [-0.25, -0.2) is 9.97 Å². The number of hydrogen-bond acceptors (Lipinski definition) is 4. The minimum absolute atomic E-state index is 0.768. The standard InChI is InChI=1S/C17H21N3S/c1-2-15(21-7-1)9-17-19-11-13-8-12(3-6-16(13)20-17)10-18-14-4-5-14/h1-2,7,11-12,14,18H,3-6,8-10H2. The third-order valence-corrected chi connectivity index (χ3v) is 5.36. The van der Waals surface area contributed by atoms with Gasteiger partial charge >= 0.3 is 0 Å². The number of aromatic nitrogens is 2. The highest BCUT2D eigenvalue weighted by Crippen LogP contribution is 2.26. The van der Waals surface area contributed by atoms with Crippen molar-refractivity contribution in [1.82, 2.24) is 15.3 Å². The van der Waals surface area contributed by atoms with Gasteiger partial charge in [0.15, 0.2) is 0 Å². The predicted octanol–water partition coefficient (Wildman–Crippen LogP) is 2.99. The van der Waals surface area contributed by atoms with Crippen molar-refractivity contribution in [2.24, 2.45) is 5.92 Å². The molecule has 1 N–H and O–H groups in total. The first kappa shape index (κ1) is 13.4. The maximum Gasteiger partial charge on any atom is 0.133 e. The minimum atomic E-state index is 0.768. The second kappa shape index (κ2) is 5.85. The van der Waals surface area contributed by atoms with Gasteiger partial charge in [-0.3, -0.25) is 0 Å². The fraction of sp³-hybridized carbons (Fsp3) is 0.529. The number of nitrogens with one attached hydrogen (secondary N) is 1. The van der Waals surface area contributed by atoms with Gasteiger partial charge in [-0.2, -0.15) is 0 Å². The zero-order valence-corrected chi connectivity index (χ0v) is 13.0. The highest BCUT2D eigenvalue weighted by Gasteiger charge is 2.24. The lowest BCUT2D eigenvalue weighted by atomic mass is 9.87. The first-order valence-corrected chi connectivity index (χ1v) is 8.84. The van der Waals surface area contributed by atoms with Crippen LogP contribution in [0.4, 0.5) is 0 Å². The van der Waals surface area contributed by atoms with Crippen LogP contribution in [-0.4, -0.2) is 22.6 Å². The van der Waals surface area contributed by atoms with Crippen LogP contribution < -0.4 is 5.32 Å². The van der Waals surface area contributed by atoms with Crippen LogP contribution >= 0.6 is 11.3 Å². The number of thiophene rings is 1. The summed E-state index contributed by atoms with van der Waals surface area (Å²) in [5.74, 6) is 1.75. The first-order chi connectivity index (χ1) is 10.4. The van der Waals surface area contributed by atoms with E-state index in [0.717, 1.165) is 37.0 Å². The molecule has 1 fully saturated rings. The Hall–Kier alpha value is -1.26. The van der Waals surface area contributed by atoms with Gasteiger partial charge in [0.25, 0.3) is 0 Å². The topological polar surface area (TPSA) is 37.8 Å². The second-order valence-corrected chi connectivity index (χ2v) is 7.34. The van der Waals surface area contributed by atoms with E-state index in [9.17, 15) is 0 Å². The van der Waals surface area contributed by atoms with Crippen LogP contribution in [-0.2, 0) is 19.3 Å². The van der Waals surface area contributed by atoms with Gasteiger partial charge in [-0.1, -0.05) is 6.07 Å². The van der Waals surface area contributed by atoms with E-state index in [1.807, 2.05) is 0 Å². The molecule has 2 heterocycles. The quantitative estimate of drug-likeness (QED) is 0.922. The number of fused-ring (bicyclic) bond motifs is 1. The molecule has 2 aliphatic carbocycles. The molecule has 110 valence electrons. The van der Waals surface area contributed by atoms with Gasteiger partial charge in [0.2, 0.25) is 0 Å². The van der Waals surface area contributed by atoms with Gasteiger partial charge in [0.1, 0.15) is 5.82 Å². The van der Waals surface area contributed by atoms with Crippen molar-refractivity contribution in [3.05, 3.63) is 45.7 Å². The fourth-order valence-electron chi connectivity index (χ4n) is 3.07. The Kier molecular flexibility index (Phi) is 3.74. The fourth-order valence-corrected chi connectivity index (χ4v) is 3.77. The summed E-state index contributed by atoms with van der Waals surface area (Å²) in [6, 6.07) is 5.07. The molecule has 0 saturated heterocycles. The lowest BCUT2D eigenvalue weighted by molar-refractivity contribution is 0.417. The third-order valence-electron chi connectivity index (χ3n) is 4.49. The number of rotatable bonds is 5. The summed E-state index contributed by atoms with van der Waals surface area (Å²) in [4.78, 5) is 10.7. The van der Waals surface area contributed by atoms with Crippen LogP contribution in [0.2, 0.25) is 0 Å². The highest BCUT2D eigenvalue weighted by molar-refractivity contribution is 7.09. The van der Waals surface area contributed by atoms with Gasteiger partial charge in [0.05, 0.1) is 0 Å². The Morgan fingerprint density at radius 2 is 2.24 bits per heavy atom. The molecule has 4 heteroatoms. The molecule has 0 amide bonds. The van der Waals surface area contributed by atoms with Gasteiger partial charge in [-0.15, -0.1) is 11.3 Å². The minimum Gasteiger partial charge on any atom is -0.314 e. The molecule has 0 aliphatic heterocycles. The van der Waals surface area contributed by atoms with E-state index in [1.165, 1.54) is 41.9 Å². The smallest absolute Gasteiger partial charge is 0.133 e. The first-order valence-electron chi connectivity index (χ1n) is 7.96. The molecule has 2 aromatic rings. The van der Waals surface area contributed by atoms with E-state index < -0.39 is 0 Å². The van der Waals surface area contributed by atoms with Crippen LogP contribution in [0.25, 0.3) is 0 Å². The summed E-state index contributed by atoms with van der Waals surface area (Å²) < 4.78 is 0. The van der Waals surface area contributed by atoms with E-state index in [0.29, 0.717) is 0 Å². The molecule has 1 unspecified atom stereocenters. The Balaban J connectivity index is 1.41. The maximum absolute atomic E-state index is 4.81. The molecule has 0 bridgehead atoms. The number of hydrogen-bond donors (Lipinski definition) is 1. The van der Waals surface area contributed by atoms with Crippen molar-refractivity contribution in [1.29, 1.82) is 0 Å². The molecular formula is C17H21N3S. The van der Waals surface area contributed by atoms with E-state index in [1.54, 1.807) is 11.3 Å². The van der Waals surface area contributed by atoms with E-state index in [2.05, 4.69) is 34.0 Å². The summed E-state index contributed by atoms with van der Waals surface area (Å²) >= 11 is 1.78. The molecule has 3 nitrogen and oxygen atoms in total. The molecule has 4 rings (SSSR count). The number of aryl methyl sites for hydroxylation is 1. The Morgan fingerprint density at radius 1 is 1.29 bits per heavy atom. The van der Waals surface area contributed by atoms with E-state index >= 15 is 0 Å². The van der Waals surface area contributed by atoms with E-state index in [4.69, 9.17) is 4.98 Å². The molecule has 0 radical (unpaired) electrons. The zero-order chi connectivity index (χ0) is 14.1. The average Bonchev–Trinajstić information content (AvgIpc) is 3.21. The average molecular weight is 299 g/mol. The Bertz CT molecular complexity index is 605. The van der Waals surface area contributed by atoms with Crippen LogP contribution in [0.3, 0.4) is 0 Å². The SMILES string of the molecule is c1csc(Cc2ncc3c(n2)CCC(CNC2CC2)C3)c1. The van der Waals surface area contributed by atoms with Gasteiger partial charge in [0, 0.05) is 29.2 Å². The monoisotopic (exact) mass is 299 g/mol. The molecule has 21 heavy (non-hydrogen) atoms. The number of nitrogens with zero attached hydrogens (tertiary/aromatic N) is 2. The molecule has 1 atom stereocenters. The van der Waals surface area contributed by atoms with Crippen molar-refractivity contribution in [2.45, 2.75) is 44.6 Å². The van der Waals surface area contributed by atoms with Crippen LogP contribution in [0.5, 0.6) is 0 Å². The van der Waals surface area contributed by atoms with Crippen molar-refractivity contribution in [3.63, 3.8) is 0 Å². The van der Waals surface area contributed by atoms with Crippen LogP contribution in [0.1, 0.15) is 41.2 Å². The molecule has 1 saturated carbocycles. The summed E-state index contributed by atoms with van der Waals surface area (Å²) in [6.07, 6.45) is 9.23.